The van der Waals surface area contributed by atoms with Crippen LogP contribution >= 0.6 is 22.6 Å². The number of nitrogens with zero attached hydrogens (tertiary/aromatic N) is 4. The third-order valence-electron chi connectivity index (χ3n) is 5.61. The number of hydrogen-bond acceptors (Lipinski definition) is 4. The lowest BCUT2D eigenvalue weighted by Gasteiger charge is -2.22. The number of fused-ring (bicyclic) bond motifs is 1. The highest BCUT2D eigenvalue weighted by molar-refractivity contribution is 14.1. The monoisotopic (exact) mass is 539 g/mol. The second-order valence-corrected chi connectivity index (χ2v) is 9.00. The van der Waals surface area contributed by atoms with E-state index >= 15 is 0 Å². The van der Waals surface area contributed by atoms with E-state index in [0.29, 0.717) is 5.56 Å². The summed E-state index contributed by atoms with van der Waals surface area (Å²) in [5.74, 6) is -0.140. The number of anilines is 2. The van der Waals surface area contributed by atoms with E-state index in [9.17, 15) is 4.79 Å². The van der Waals surface area contributed by atoms with Gasteiger partial charge in [-0.15, -0.1) is 10.2 Å². The van der Waals surface area contributed by atoms with Crippen LogP contribution in [0.2, 0.25) is 0 Å². The van der Waals surface area contributed by atoms with Crippen molar-refractivity contribution >= 4 is 50.9 Å². The Balaban J connectivity index is 1.64. The van der Waals surface area contributed by atoms with Crippen LogP contribution in [0.4, 0.5) is 11.4 Å². The highest BCUT2D eigenvalue weighted by atomic mass is 127. The van der Waals surface area contributed by atoms with Gasteiger partial charge in [-0.3, -0.25) is 4.79 Å². The zero-order valence-electron chi connectivity index (χ0n) is 18.7. The Bertz CT molecular complexity index is 1280. The lowest BCUT2D eigenvalue weighted by Crippen LogP contribution is -2.21. The number of aromatic nitrogens is 3. The van der Waals surface area contributed by atoms with E-state index in [2.05, 4.69) is 76.9 Å². The Morgan fingerprint density at radius 2 is 1.59 bits per heavy atom. The standard InChI is InChI=1S/C25H26IN5O/c1-5-30(6-2)20-11-12-24(17(4)13-20)31-28-22-14-16(3)21(15-23(22)29-31)27-25(32)18-7-9-19(26)10-8-18/h7-15H,5-6H2,1-4H3,(H,27,32). The number of benzene rings is 3. The first-order chi connectivity index (χ1) is 15.4. The summed E-state index contributed by atoms with van der Waals surface area (Å²) in [5.41, 5.74) is 7.08. The average molecular weight is 539 g/mol. The van der Waals surface area contributed by atoms with Crippen LogP contribution in [0.15, 0.2) is 54.6 Å². The molecule has 0 spiro atoms. The maximum absolute atomic E-state index is 12.7. The predicted molar refractivity (Wildman–Crippen MR) is 139 cm³/mol. The van der Waals surface area contributed by atoms with Crippen LogP contribution in [-0.4, -0.2) is 34.0 Å². The molecule has 164 valence electrons. The van der Waals surface area contributed by atoms with Gasteiger partial charge in [0.2, 0.25) is 0 Å². The van der Waals surface area contributed by atoms with Gasteiger partial charge in [0.1, 0.15) is 11.0 Å². The second-order valence-electron chi connectivity index (χ2n) is 7.75. The fourth-order valence-electron chi connectivity index (χ4n) is 3.76. The molecule has 0 saturated carbocycles. The molecule has 7 heteroatoms. The Labute approximate surface area is 201 Å². The molecule has 1 aromatic heterocycles. The van der Waals surface area contributed by atoms with Crippen molar-refractivity contribution in [1.82, 2.24) is 15.0 Å². The molecule has 1 amide bonds. The first-order valence-electron chi connectivity index (χ1n) is 10.7. The number of rotatable bonds is 6. The van der Waals surface area contributed by atoms with Crippen molar-refractivity contribution in [2.75, 3.05) is 23.3 Å². The minimum atomic E-state index is -0.140. The lowest BCUT2D eigenvalue weighted by atomic mass is 10.1. The Morgan fingerprint density at radius 3 is 2.22 bits per heavy atom. The van der Waals surface area contributed by atoms with E-state index in [1.54, 1.807) is 4.80 Å². The summed E-state index contributed by atoms with van der Waals surface area (Å²) in [7, 11) is 0. The second kappa shape index (κ2) is 9.28. The first-order valence-corrected chi connectivity index (χ1v) is 11.8. The van der Waals surface area contributed by atoms with Gasteiger partial charge in [0.25, 0.3) is 5.91 Å². The number of carbonyl (C=O) groups is 1. The average Bonchev–Trinajstić information content (AvgIpc) is 3.17. The van der Waals surface area contributed by atoms with E-state index in [4.69, 9.17) is 5.10 Å². The van der Waals surface area contributed by atoms with Gasteiger partial charge in [0.15, 0.2) is 0 Å². The molecule has 3 aromatic carbocycles. The minimum Gasteiger partial charge on any atom is -0.372 e. The number of hydrogen-bond donors (Lipinski definition) is 1. The molecule has 0 aliphatic heterocycles. The molecule has 4 aromatic rings. The Hall–Kier alpha value is -2.94. The van der Waals surface area contributed by atoms with Crippen molar-refractivity contribution < 1.29 is 4.79 Å². The number of aryl methyl sites for hydroxylation is 2. The van der Waals surface area contributed by atoms with Crippen molar-refractivity contribution in [2.24, 2.45) is 0 Å². The lowest BCUT2D eigenvalue weighted by molar-refractivity contribution is 0.102. The molecular weight excluding hydrogens is 513 g/mol. The highest BCUT2D eigenvalue weighted by Crippen LogP contribution is 2.25. The van der Waals surface area contributed by atoms with Crippen molar-refractivity contribution in [2.45, 2.75) is 27.7 Å². The number of halogens is 1. The molecule has 0 unspecified atom stereocenters. The predicted octanol–water partition coefficient (Wildman–Crippen LogP) is 5.74. The molecule has 0 radical (unpaired) electrons. The fraction of sp³-hybridized carbons (Fsp3) is 0.240. The van der Waals surface area contributed by atoms with E-state index in [0.717, 1.165) is 50.2 Å². The quantitative estimate of drug-likeness (QED) is 0.318. The van der Waals surface area contributed by atoms with Gasteiger partial charge >= 0.3 is 0 Å². The number of carbonyl (C=O) groups excluding carboxylic acids is 1. The summed E-state index contributed by atoms with van der Waals surface area (Å²) in [4.78, 5) is 16.7. The van der Waals surface area contributed by atoms with E-state index in [-0.39, 0.29) is 5.91 Å². The van der Waals surface area contributed by atoms with Crippen LogP contribution in [0.5, 0.6) is 0 Å². The summed E-state index contributed by atoms with van der Waals surface area (Å²) >= 11 is 2.22. The van der Waals surface area contributed by atoms with Gasteiger partial charge in [-0.05, 0) is 116 Å². The number of amides is 1. The summed E-state index contributed by atoms with van der Waals surface area (Å²) in [6, 6.07) is 17.7. The smallest absolute Gasteiger partial charge is 0.255 e. The fourth-order valence-corrected chi connectivity index (χ4v) is 4.12. The van der Waals surface area contributed by atoms with Gasteiger partial charge in [-0.25, -0.2) is 0 Å². The van der Waals surface area contributed by atoms with Crippen LogP contribution in [0.25, 0.3) is 16.7 Å². The molecule has 4 rings (SSSR count). The third kappa shape index (κ3) is 4.48. The van der Waals surface area contributed by atoms with Gasteiger partial charge in [-0.2, -0.15) is 4.80 Å². The Kier molecular flexibility index (Phi) is 6.45. The molecule has 1 N–H and O–H groups in total. The van der Waals surface area contributed by atoms with E-state index in [1.165, 1.54) is 5.69 Å². The summed E-state index contributed by atoms with van der Waals surface area (Å²) in [5, 5.41) is 12.4. The Morgan fingerprint density at radius 1 is 0.938 bits per heavy atom. The summed E-state index contributed by atoms with van der Waals surface area (Å²) < 4.78 is 1.09. The van der Waals surface area contributed by atoms with Gasteiger partial charge in [-0.1, -0.05) is 0 Å². The van der Waals surface area contributed by atoms with Crippen LogP contribution in [-0.2, 0) is 0 Å². The topological polar surface area (TPSA) is 63.1 Å². The van der Waals surface area contributed by atoms with Crippen LogP contribution in [0.3, 0.4) is 0 Å². The van der Waals surface area contributed by atoms with Crippen molar-refractivity contribution in [3.63, 3.8) is 0 Å². The van der Waals surface area contributed by atoms with Crippen molar-refractivity contribution in [1.29, 1.82) is 0 Å². The third-order valence-corrected chi connectivity index (χ3v) is 6.32. The molecular formula is C25H26IN5O. The van der Waals surface area contributed by atoms with Crippen molar-refractivity contribution in [3.05, 3.63) is 74.9 Å². The molecule has 0 bridgehead atoms. The van der Waals surface area contributed by atoms with E-state index in [1.807, 2.05) is 43.3 Å². The minimum absolute atomic E-state index is 0.140. The van der Waals surface area contributed by atoms with Crippen LogP contribution < -0.4 is 10.2 Å². The molecule has 0 fully saturated rings. The SMILES string of the molecule is CCN(CC)c1ccc(-n2nc3cc(C)c(NC(=O)c4ccc(I)cc4)cc3n2)c(C)c1. The molecule has 0 saturated heterocycles. The number of nitrogens with one attached hydrogen (secondary N) is 1. The maximum Gasteiger partial charge on any atom is 0.255 e. The maximum atomic E-state index is 12.7. The molecule has 6 nitrogen and oxygen atoms in total. The van der Waals surface area contributed by atoms with Gasteiger partial charge in [0, 0.05) is 33.6 Å². The molecule has 1 heterocycles. The zero-order valence-corrected chi connectivity index (χ0v) is 20.8. The van der Waals surface area contributed by atoms with Crippen LogP contribution in [0, 0.1) is 17.4 Å². The summed E-state index contributed by atoms with van der Waals surface area (Å²) in [6.07, 6.45) is 0. The largest absolute Gasteiger partial charge is 0.372 e. The van der Waals surface area contributed by atoms with Crippen molar-refractivity contribution in [3.8, 4) is 5.69 Å². The summed E-state index contributed by atoms with van der Waals surface area (Å²) in [6.45, 7) is 10.3. The molecule has 32 heavy (non-hydrogen) atoms. The zero-order chi connectivity index (χ0) is 22.8. The molecule has 0 aliphatic rings. The normalized spacial score (nSPS) is 11.0. The highest BCUT2D eigenvalue weighted by Gasteiger charge is 2.13. The molecule has 0 atom stereocenters. The van der Waals surface area contributed by atoms with Crippen LogP contribution in [0.1, 0.15) is 35.3 Å². The van der Waals surface area contributed by atoms with E-state index < -0.39 is 0 Å². The first kappa shape index (κ1) is 22.3. The molecule has 0 aliphatic carbocycles. The van der Waals surface area contributed by atoms with Gasteiger partial charge < -0.3 is 10.2 Å². The van der Waals surface area contributed by atoms with Gasteiger partial charge in [0.05, 0.1) is 5.69 Å².